The van der Waals surface area contributed by atoms with Gasteiger partial charge in [-0.2, -0.15) is 5.10 Å². The van der Waals surface area contributed by atoms with Gasteiger partial charge in [0.15, 0.2) is 9.84 Å². The molecular formula is C18H23ClN4O5S. The van der Waals surface area contributed by atoms with E-state index in [2.05, 4.69) is 5.10 Å². The van der Waals surface area contributed by atoms with Crippen LogP contribution in [0.2, 0.25) is 5.02 Å². The number of aromatic nitrogens is 2. The van der Waals surface area contributed by atoms with Crippen LogP contribution in [0, 0.1) is 0 Å². The number of urea groups is 1. The van der Waals surface area contributed by atoms with Crippen LogP contribution >= 0.6 is 11.6 Å². The predicted molar refractivity (Wildman–Crippen MR) is 110 cm³/mol. The molecule has 0 fully saturated rings. The summed E-state index contributed by atoms with van der Waals surface area (Å²) >= 11 is 6.48. The summed E-state index contributed by atoms with van der Waals surface area (Å²) in [4.78, 5) is 28.2. The normalized spacial score (nSPS) is 11.4. The van der Waals surface area contributed by atoms with E-state index < -0.39 is 21.7 Å². The highest BCUT2D eigenvalue weighted by atomic mass is 35.5. The van der Waals surface area contributed by atoms with E-state index in [0.717, 1.165) is 10.9 Å². The summed E-state index contributed by atoms with van der Waals surface area (Å²) in [5, 5.41) is 13.7. The minimum absolute atomic E-state index is 0.0530. The van der Waals surface area contributed by atoms with Gasteiger partial charge < -0.3 is 10.0 Å². The van der Waals surface area contributed by atoms with Crippen molar-refractivity contribution in [3.8, 4) is 5.88 Å². The molecule has 9 nitrogen and oxygen atoms in total. The molecule has 0 radical (unpaired) electrons. The van der Waals surface area contributed by atoms with Crippen molar-refractivity contribution in [3.63, 3.8) is 0 Å². The summed E-state index contributed by atoms with van der Waals surface area (Å²) in [6.07, 6.45) is 2.18. The molecule has 1 aromatic heterocycles. The van der Waals surface area contributed by atoms with E-state index in [9.17, 15) is 23.1 Å². The number of rotatable bonds is 6. The molecule has 1 N–H and O–H groups in total. The van der Waals surface area contributed by atoms with E-state index in [0.29, 0.717) is 6.54 Å². The van der Waals surface area contributed by atoms with Gasteiger partial charge in [0.1, 0.15) is 5.56 Å². The number of anilines is 1. The summed E-state index contributed by atoms with van der Waals surface area (Å²) in [7, 11) is -0.729. The SMILES string of the molecule is CCN(C)C(=O)N(CC)c1c(S(C)(=O)=O)ccc(C(=O)c2cnn(C)c2O)c1Cl. The molecule has 0 atom stereocenters. The van der Waals surface area contributed by atoms with Crippen LogP contribution in [-0.4, -0.2) is 66.4 Å². The maximum absolute atomic E-state index is 12.9. The number of hydrogen-bond acceptors (Lipinski definition) is 6. The van der Waals surface area contributed by atoms with E-state index in [4.69, 9.17) is 11.6 Å². The lowest BCUT2D eigenvalue weighted by Crippen LogP contribution is -2.42. The van der Waals surface area contributed by atoms with Crippen molar-refractivity contribution < 1.29 is 23.1 Å². The summed E-state index contributed by atoms with van der Waals surface area (Å²) in [6.45, 7) is 3.96. The Morgan fingerprint density at radius 2 is 1.83 bits per heavy atom. The zero-order valence-corrected chi connectivity index (χ0v) is 18.4. The van der Waals surface area contributed by atoms with Crippen molar-refractivity contribution in [2.75, 3.05) is 31.3 Å². The molecule has 2 rings (SSSR count). The molecule has 0 bridgehead atoms. The van der Waals surface area contributed by atoms with E-state index in [1.165, 1.54) is 35.2 Å². The molecule has 1 heterocycles. The van der Waals surface area contributed by atoms with E-state index in [1.54, 1.807) is 20.9 Å². The number of nitrogens with zero attached hydrogens (tertiary/aromatic N) is 4. The molecule has 1 aromatic carbocycles. The van der Waals surface area contributed by atoms with Crippen molar-refractivity contribution in [2.24, 2.45) is 7.05 Å². The second kappa shape index (κ2) is 8.42. The van der Waals surface area contributed by atoms with Crippen molar-refractivity contribution in [3.05, 3.63) is 34.5 Å². The topological polar surface area (TPSA) is 113 Å². The van der Waals surface area contributed by atoms with Gasteiger partial charge in [-0.15, -0.1) is 0 Å². The molecule has 0 saturated carbocycles. The number of aryl methyl sites for hydroxylation is 1. The second-order valence-corrected chi connectivity index (χ2v) is 8.78. The molecular weight excluding hydrogens is 420 g/mol. The quantitative estimate of drug-likeness (QED) is 0.687. The first-order chi connectivity index (χ1) is 13.4. The molecule has 0 spiro atoms. The minimum atomic E-state index is -3.76. The largest absolute Gasteiger partial charge is 0.493 e. The third-order valence-electron chi connectivity index (χ3n) is 4.49. The fraction of sp³-hybridized carbons (Fsp3) is 0.389. The summed E-state index contributed by atoms with van der Waals surface area (Å²) in [6, 6.07) is 2.04. The van der Waals surface area contributed by atoms with Crippen LogP contribution in [0.25, 0.3) is 0 Å². The fourth-order valence-electron chi connectivity index (χ4n) is 2.74. The van der Waals surface area contributed by atoms with Crippen LogP contribution in [0.15, 0.2) is 23.2 Å². The van der Waals surface area contributed by atoms with Crippen LogP contribution in [0.1, 0.15) is 29.8 Å². The van der Waals surface area contributed by atoms with Gasteiger partial charge in [-0.05, 0) is 26.0 Å². The number of sulfone groups is 1. The molecule has 29 heavy (non-hydrogen) atoms. The molecule has 11 heteroatoms. The Balaban J connectivity index is 2.76. The molecule has 0 aliphatic heterocycles. The Morgan fingerprint density at radius 3 is 2.28 bits per heavy atom. The van der Waals surface area contributed by atoms with Gasteiger partial charge in [0, 0.05) is 39.0 Å². The summed E-state index contributed by atoms with van der Waals surface area (Å²) in [5.41, 5.74) is -0.216. The summed E-state index contributed by atoms with van der Waals surface area (Å²) < 4.78 is 25.8. The molecule has 0 saturated heterocycles. The number of halogens is 1. The third kappa shape index (κ3) is 4.23. The second-order valence-electron chi connectivity index (χ2n) is 6.42. The highest BCUT2D eigenvalue weighted by Crippen LogP contribution is 2.38. The molecule has 0 aliphatic rings. The number of hydrogen-bond donors (Lipinski definition) is 1. The lowest BCUT2D eigenvalue weighted by molar-refractivity contribution is 0.103. The van der Waals surface area contributed by atoms with Gasteiger partial charge in [0.25, 0.3) is 0 Å². The Hall–Kier alpha value is -2.59. The Labute approximate surface area is 174 Å². The average Bonchev–Trinajstić information content (AvgIpc) is 2.99. The smallest absolute Gasteiger partial charge is 0.324 e. The van der Waals surface area contributed by atoms with Gasteiger partial charge in [-0.25, -0.2) is 17.9 Å². The Bertz CT molecular complexity index is 1060. The summed E-state index contributed by atoms with van der Waals surface area (Å²) in [5.74, 6) is -0.997. The monoisotopic (exact) mass is 442 g/mol. The van der Waals surface area contributed by atoms with Gasteiger partial charge >= 0.3 is 6.03 Å². The number of carbonyl (C=O) groups is 2. The maximum Gasteiger partial charge on any atom is 0.324 e. The minimum Gasteiger partial charge on any atom is -0.493 e. The van der Waals surface area contributed by atoms with E-state index >= 15 is 0 Å². The number of amides is 2. The van der Waals surface area contributed by atoms with Crippen molar-refractivity contribution in [2.45, 2.75) is 18.7 Å². The molecule has 2 amide bonds. The first-order valence-electron chi connectivity index (χ1n) is 8.76. The van der Waals surface area contributed by atoms with Crippen LogP contribution in [0.5, 0.6) is 5.88 Å². The van der Waals surface area contributed by atoms with Crippen LogP contribution < -0.4 is 4.90 Å². The number of benzene rings is 1. The average molecular weight is 443 g/mol. The number of aromatic hydroxyl groups is 1. The zero-order chi connectivity index (χ0) is 22.1. The van der Waals surface area contributed by atoms with Gasteiger partial charge in [0.05, 0.1) is 21.8 Å². The standard InChI is InChI=1S/C18H23ClN4O5S/c1-6-21(3)18(26)23(7-2)15-13(29(5,27)28)9-8-11(14(15)19)16(24)12-10-20-22(4)17(12)25/h8-10,25H,6-7H2,1-5H3. The molecule has 0 aliphatic carbocycles. The first-order valence-corrected chi connectivity index (χ1v) is 11.0. The zero-order valence-electron chi connectivity index (χ0n) is 16.8. The van der Waals surface area contributed by atoms with Crippen LogP contribution in [0.3, 0.4) is 0 Å². The van der Waals surface area contributed by atoms with Gasteiger partial charge in [-0.1, -0.05) is 11.6 Å². The highest BCUT2D eigenvalue weighted by molar-refractivity contribution is 7.90. The maximum atomic E-state index is 12.9. The lowest BCUT2D eigenvalue weighted by Gasteiger charge is -2.29. The van der Waals surface area contributed by atoms with Gasteiger partial charge in [0.2, 0.25) is 11.7 Å². The van der Waals surface area contributed by atoms with E-state index in [1.807, 2.05) is 0 Å². The Kier molecular flexibility index (Phi) is 6.59. The van der Waals surface area contributed by atoms with Crippen molar-refractivity contribution in [1.29, 1.82) is 0 Å². The van der Waals surface area contributed by atoms with Gasteiger partial charge in [-0.3, -0.25) is 9.69 Å². The third-order valence-corrected chi connectivity index (χ3v) is 6.00. The van der Waals surface area contributed by atoms with Crippen LogP contribution in [0.4, 0.5) is 10.5 Å². The lowest BCUT2D eigenvalue weighted by atomic mass is 10.0. The van der Waals surface area contributed by atoms with Crippen LogP contribution in [-0.2, 0) is 16.9 Å². The molecule has 158 valence electrons. The first kappa shape index (κ1) is 22.7. The van der Waals surface area contributed by atoms with Crippen molar-refractivity contribution in [1.82, 2.24) is 14.7 Å². The number of ketones is 1. The molecule has 2 aromatic rings. The predicted octanol–water partition coefficient (Wildman–Crippen LogP) is 2.31. The van der Waals surface area contributed by atoms with E-state index in [-0.39, 0.29) is 39.2 Å². The number of carbonyl (C=O) groups excluding carboxylic acids is 2. The highest BCUT2D eigenvalue weighted by Gasteiger charge is 2.30. The van der Waals surface area contributed by atoms with Crippen molar-refractivity contribution >= 4 is 38.9 Å². The Morgan fingerprint density at radius 1 is 1.21 bits per heavy atom. The fourth-order valence-corrected chi connectivity index (χ4v) is 4.03. The molecule has 0 unspecified atom stereocenters.